The Morgan fingerprint density at radius 2 is 1.95 bits per heavy atom. The van der Waals surface area contributed by atoms with Gasteiger partial charge in [-0.2, -0.15) is 0 Å². The molecule has 0 saturated heterocycles. The molecule has 0 radical (unpaired) electrons. The first-order valence-corrected chi connectivity index (χ1v) is 16.0. The molecular formula is C31H31ClF2N4O4S. The Morgan fingerprint density at radius 3 is 2.70 bits per heavy atom. The zero-order valence-electron chi connectivity index (χ0n) is 23.4. The lowest BCUT2D eigenvalue weighted by Crippen LogP contribution is -2.40. The lowest BCUT2D eigenvalue weighted by molar-refractivity contribution is 0.0385. The molecule has 0 fully saturated rings. The average molecular weight is 629 g/mol. The molecule has 1 aromatic heterocycles. The number of halogens is 3. The van der Waals surface area contributed by atoms with Crippen molar-refractivity contribution in [3.05, 3.63) is 101 Å². The first-order chi connectivity index (χ1) is 20.7. The molecule has 8 nitrogen and oxygen atoms in total. The maximum atomic E-state index is 15.5. The van der Waals surface area contributed by atoms with Crippen molar-refractivity contribution < 1.29 is 26.7 Å². The number of nitrogens with one attached hydrogen (secondary N) is 2. The minimum Gasteiger partial charge on any atom is -0.489 e. The van der Waals surface area contributed by atoms with Gasteiger partial charge in [-0.15, -0.1) is 0 Å². The van der Waals surface area contributed by atoms with E-state index in [0.29, 0.717) is 57.1 Å². The highest BCUT2D eigenvalue weighted by Crippen LogP contribution is 2.39. The molecule has 2 N–H and O–H groups in total. The van der Waals surface area contributed by atoms with Crippen LogP contribution < -0.4 is 15.4 Å². The van der Waals surface area contributed by atoms with Crippen molar-refractivity contribution in [2.75, 3.05) is 29.9 Å². The van der Waals surface area contributed by atoms with Crippen LogP contribution in [-0.2, 0) is 26.8 Å². The largest absolute Gasteiger partial charge is 0.489 e. The molecule has 12 heteroatoms. The van der Waals surface area contributed by atoms with E-state index in [1.165, 1.54) is 30.8 Å². The molecule has 226 valence electrons. The molecule has 4 aromatic rings. The molecule has 5 rings (SSSR count). The van der Waals surface area contributed by atoms with Crippen molar-refractivity contribution in [2.45, 2.75) is 32.0 Å². The van der Waals surface area contributed by atoms with Crippen LogP contribution in [0.4, 0.5) is 20.3 Å². The molecule has 1 unspecified atom stereocenters. The van der Waals surface area contributed by atoms with Crippen LogP contribution in [0.25, 0.3) is 10.9 Å². The van der Waals surface area contributed by atoms with Crippen LogP contribution in [0, 0.1) is 11.6 Å². The summed E-state index contributed by atoms with van der Waals surface area (Å²) in [6.07, 6.45) is 5.62. The van der Waals surface area contributed by atoms with Crippen LogP contribution in [0.5, 0.6) is 5.75 Å². The lowest BCUT2D eigenvalue weighted by Gasteiger charge is -2.30. The second-order valence-electron chi connectivity index (χ2n) is 10.3. The monoisotopic (exact) mass is 628 g/mol. The van der Waals surface area contributed by atoms with Crippen molar-refractivity contribution in [3.8, 4) is 5.75 Å². The van der Waals surface area contributed by atoms with E-state index in [4.69, 9.17) is 21.1 Å². The van der Waals surface area contributed by atoms with Crippen LogP contribution in [0.2, 0.25) is 5.02 Å². The number of benzene rings is 3. The standard InChI is InChI=1S/C31H31ClF2N4O4S/c1-2-12-43(39,40)13-10-35-19-31(9-4-11-42-31)25-16-24-28(17-27(25)34)36-20-37-30(24)38-23-7-8-29(26(32)15-23)41-18-21-5-3-6-22(33)14-21/h3-8,11,14-17,20,35H,2,9-10,12-13,18-19H2,1H3,(H,36,37,38). The predicted molar refractivity (Wildman–Crippen MR) is 163 cm³/mol. The number of anilines is 2. The Balaban J connectivity index is 1.35. The lowest BCUT2D eigenvalue weighted by atomic mass is 9.89. The zero-order valence-corrected chi connectivity index (χ0v) is 25.0. The van der Waals surface area contributed by atoms with E-state index < -0.39 is 21.3 Å². The van der Waals surface area contributed by atoms with E-state index >= 15 is 4.39 Å². The van der Waals surface area contributed by atoms with Crippen molar-refractivity contribution in [3.63, 3.8) is 0 Å². The Bertz CT molecular complexity index is 1750. The Kier molecular flexibility index (Phi) is 9.43. The van der Waals surface area contributed by atoms with Gasteiger partial charge in [0.05, 0.1) is 22.6 Å². The molecule has 1 aliphatic rings. The number of fused-ring (bicyclic) bond motifs is 1. The molecular weight excluding hydrogens is 598 g/mol. The molecule has 0 saturated carbocycles. The number of sulfone groups is 1. The van der Waals surface area contributed by atoms with Crippen molar-refractivity contribution in [2.24, 2.45) is 0 Å². The highest BCUT2D eigenvalue weighted by molar-refractivity contribution is 7.91. The molecule has 0 aliphatic carbocycles. The number of nitrogens with zero attached hydrogens (tertiary/aromatic N) is 2. The van der Waals surface area contributed by atoms with E-state index in [9.17, 15) is 12.8 Å². The van der Waals surface area contributed by atoms with Gasteiger partial charge in [0.15, 0.2) is 15.4 Å². The molecule has 0 amide bonds. The summed E-state index contributed by atoms with van der Waals surface area (Å²) in [5.41, 5.74) is 0.900. The summed E-state index contributed by atoms with van der Waals surface area (Å²) in [7, 11) is -3.16. The van der Waals surface area contributed by atoms with Gasteiger partial charge in [-0.1, -0.05) is 30.7 Å². The van der Waals surface area contributed by atoms with E-state index in [0.717, 1.165) is 0 Å². The fraction of sp³-hybridized carbons (Fsp3) is 0.290. The summed E-state index contributed by atoms with van der Waals surface area (Å²) in [4.78, 5) is 8.63. The summed E-state index contributed by atoms with van der Waals surface area (Å²) in [5, 5.41) is 7.26. The van der Waals surface area contributed by atoms with Gasteiger partial charge in [0.1, 0.15) is 36.1 Å². The minimum atomic E-state index is -3.16. The van der Waals surface area contributed by atoms with Crippen LogP contribution in [-0.4, -0.2) is 43.0 Å². The molecule has 3 aromatic carbocycles. The van der Waals surface area contributed by atoms with Gasteiger partial charge < -0.3 is 20.1 Å². The summed E-state index contributed by atoms with van der Waals surface area (Å²) in [6.45, 7) is 2.40. The van der Waals surface area contributed by atoms with Gasteiger partial charge in [-0.3, -0.25) is 0 Å². The van der Waals surface area contributed by atoms with Crippen LogP contribution in [0.15, 0.2) is 73.3 Å². The fourth-order valence-corrected chi connectivity index (χ4v) is 6.44. The Labute approximate surface area is 254 Å². The second-order valence-corrected chi connectivity index (χ2v) is 13.0. The minimum absolute atomic E-state index is 0.0103. The summed E-state index contributed by atoms with van der Waals surface area (Å²) < 4.78 is 64.9. The average Bonchev–Trinajstić information content (AvgIpc) is 3.44. The highest BCUT2D eigenvalue weighted by Gasteiger charge is 2.38. The van der Waals surface area contributed by atoms with Gasteiger partial charge >= 0.3 is 0 Å². The van der Waals surface area contributed by atoms with E-state index in [-0.39, 0.29) is 37.0 Å². The van der Waals surface area contributed by atoms with Crippen molar-refractivity contribution in [1.29, 1.82) is 0 Å². The normalized spacial score (nSPS) is 16.4. The third-order valence-electron chi connectivity index (χ3n) is 7.05. The Hall–Kier alpha value is -3.80. The first kappa shape index (κ1) is 30.7. The van der Waals surface area contributed by atoms with Crippen molar-refractivity contribution in [1.82, 2.24) is 15.3 Å². The first-order valence-electron chi connectivity index (χ1n) is 13.8. The van der Waals surface area contributed by atoms with Crippen LogP contribution in [0.1, 0.15) is 30.9 Å². The SMILES string of the molecule is CCCS(=O)(=O)CCNCC1(c2cc3c(Nc4ccc(OCc5cccc(F)c5)c(Cl)c4)ncnc3cc2F)CC=CO1. The number of hydrogen-bond acceptors (Lipinski definition) is 8. The number of hydrogen-bond donors (Lipinski definition) is 2. The smallest absolute Gasteiger partial charge is 0.152 e. The van der Waals surface area contributed by atoms with Gasteiger partial charge in [0, 0.05) is 48.0 Å². The number of rotatable bonds is 13. The van der Waals surface area contributed by atoms with E-state index in [2.05, 4.69) is 20.6 Å². The van der Waals surface area contributed by atoms with Crippen molar-refractivity contribution >= 4 is 43.8 Å². The molecule has 43 heavy (non-hydrogen) atoms. The van der Waals surface area contributed by atoms with Gasteiger partial charge in [0.25, 0.3) is 0 Å². The molecule has 1 atom stereocenters. The predicted octanol–water partition coefficient (Wildman–Crippen LogP) is 6.43. The number of ether oxygens (including phenoxy) is 2. The third kappa shape index (κ3) is 7.41. The Morgan fingerprint density at radius 1 is 1.09 bits per heavy atom. The topological polar surface area (TPSA) is 102 Å². The molecule has 0 spiro atoms. The molecule has 2 heterocycles. The maximum Gasteiger partial charge on any atom is 0.152 e. The van der Waals surface area contributed by atoms with Gasteiger partial charge in [-0.25, -0.2) is 27.2 Å². The fourth-order valence-electron chi connectivity index (χ4n) is 4.93. The summed E-state index contributed by atoms with van der Waals surface area (Å²) >= 11 is 6.48. The zero-order chi connectivity index (χ0) is 30.5. The summed E-state index contributed by atoms with van der Waals surface area (Å²) in [6, 6.07) is 14.2. The van der Waals surface area contributed by atoms with Gasteiger partial charge in [-0.05, 0) is 54.5 Å². The summed E-state index contributed by atoms with van der Waals surface area (Å²) in [5.74, 6) is 0.130. The van der Waals surface area contributed by atoms with E-state index in [1.54, 1.807) is 42.5 Å². The van der Waals surface area contributed by atoms with E-state index in [1.807, 2.05) is 6.92 Å². The maximum absolute atomic E-state index is 15.5. The second kappa shape index (κ2) is 13.2. The third-order valence-corrected chi connectivity index (χ3v) is 9.20. The highest BCUT2D eigenvalue weighted by atomic mass is 35.5. The van der Waals surface area contributed by atoms with Crippen LogP contribution >= 0.6 is 11.6 Å². The van der Waals surface area contributed by atoms with Gasteiger partial charge in [0.2, 0.25) is 0 Å². The molecule has 0 bridgehead atoms. The van der Waals surface area contributed by atoms with Crippen LogP contribution in [0.3, 0.4) is 0 Å². The molecule has 1 aliphatic heterocycles. The quantitative estimate of drug-likeness (QED) is 0.163. The number of aromatic nitrogens is 2.